The summed E-state index contributed by atoms with van der Waals surface area (Å²) in [6, 6.07) is 0. The van der Waals surface area contributed by atoms with Crippen molar-refractivity contribution in [2.45, 2.75) is 31.8 Å². The van der Waals surface area contributed by atoms with E-state index in [-0.39, 0.29) is 19.1 Å². The number of rotatable bonds is 6. The molecule has 1 fully saturated rings. The Morgan fingerprint density at radius 3 is 2.94 bits per heavy atom. The van der Waals surface area contributed by atoms with E-state index in [2.05, 4.69) is 10.6 Å². The number of aliphatic hydroxyl groups is 2. The summed E-state index contributed by atoms with van der Waals surface area (Å²) in [5.41, 5.74) is -1.22. The van der Waals surface area contributed by atoms with E-state index in [1.165, 1.54) is 6.92 Å². The Morgan fingerprint density at radius 2 is 2.38 bits per heavy atom. The standard InChI is InChI=1S/C11H22N2O3/c1-11(16,8-14)7-13-10(15)3-2-9-4-5-12-6-9/h9,12,14,16H,2-8H2,1H3,(H,13,15). The van der Waals surface area contributed by atoms with Crippen LogP contribution in [0.4, 0.5) is 0 Å². The first kappa shape index (κ1) is 13.4. The molecule has 5 nitrogen and oxygen atoms in total. The van der Waals surface area contributed by atoms with Crippen LogP contribution >= 0.6 is 0 Å². The number of aliphatic hydroxyl groups excluding tert-OH is 1. The molecule has 2 atom stereocenters. The average molecular weight is 230 g/mol. The summed E-state index contributed by atoms with van der Waals surface area (Å²) in [7, 11) is 0. The molecule has 1 saturated heterocycles. The van der Waals surface area contributed by atoms with Crippen molar-refractivity contribution >= 4 is 5.91 Å². The van der Waals surface area contributed by atoms with Gasteiger partial charge in [-0.15, -0.1) is 0 Å². The number of hydrogen-bond donors (Lipinski definition) is 4. The van der Waals surface area contributed by atoms with Crippen molar-refractivity contribution in [3.05, 3.63) is 0 Å². The maximum atomic E-state index is 11.4. The molecule has 0 aromatic carbocycles. The predicted molar refractivity (Wildman–Crippen MR) is 60.9 cm³/mol. The van der Waals surface area contributed by atoms with E-state index in [0.717, 1.165) is 25.9 Å². The number of hydrogen-bond acceptors (Lipinski definition) is 4. The van der Waals surface area contributed by atoms with Crippen molar-refractivity contribution in [1.82, 2.24) is 10.6 Å². The van der Waals surface area contributed by atoms with Gasteiger partial charge < -0.3 is 20.8 Å². The van der Waals surface area contributed by atoms with Gasteiger partial charge >= 0.3 is 0 Å². The Morgan fingerprint density at radius 1 is 1.62 bits per heavy atom. The molecule has 4 N–H and O–H groups in total. The van der Waals surface area contributed by atoms with Gasteiger partial charge in [0, 0.05) is 13.0 Å². The average Bonchev–Trinajstić information content (AvgIpc) is 2.76. The first-order valence-corrected chi connectivity index (χ1v) is 5.84. The molecule has 0 spiro atoms. The fourth-order valence-electron chi connectivity index (χ4n) is 1.73. The van der Waals surface area contributed by atoms with Crippen LogP contribution in [0.3, 0.4) is 0 Å². The molecule has 1 rings (SSSR count). The maximum absolute atomic E-state index is 11.4. The minimum absolute atomic E-state index is 0.0550. The third-order valence-electron chi connectivity index (χ3n) is 2.95. The second-order valence-electron chi connectivity index (χ2n) is 4.83. The minimum atomic E-state index is -1.22. The van der Waals surface area contributed by atoms with Gasteiger partial charge in [0.05, 0.1) is 6.61 Å². The van der Waals surface area contributed by atoms with E-state index in [0.29, 0.717) is 12.3 Å². The summed E-state index contributed by atoms with van der Waals surface area (Å²) in [6.45, 7) is 3.30. The molecule has 2 unspecified atom stereocenters. The van der Waals surface area contributed by atoms with E-state index in [1.807, 2.05) is 0 Å². The molecule has 1 aliphatic rings. The van der Waals surface area contributed by atoms with Gasteiger partial charge in [-0.25, -0.2) is 0 Å². The van der Waals surface area contributed by atoms with E-state index >= 15 is 0 Å². The van der Waals surface area contributed by atoms with Gasteiger partial charge in [0.15, 0.2) is 0 Å². The summed E-state index contributed by atoms with van der Waals surface area (Å²) in [6.07, 6.45) is 2.52. The van der Waals surface area contributed by atoms with Crippen LogP contribution in [-0.4, -0.2) is 48.0 Å². The molecule has 1 heterocycles. The number of carbonyl (C=O) groups is 1. The molecule has 0 aliphatic carbocycles. The number of carbonyl (C=O) groups excluding carboxylic acids is 1. The summed E-state index contributed by atoms with van der Waals surface area (Å²) >= 11 is 0. The molecule has 0 aromatic heterocycles. The van der Waals surface area contributed by atoms with E-state index in [4.69, 9.17) is 5.11 Å². The summed E-state index contributed by atoms with van der Waals surface area (Å²) in [5, 5.41) is 24.2. The lowest BCUT2D eigenvalue weighted by molar-refractivity contribution is -0.122. The molecule has 0 aromatic rings. The maximum Gasteiger partial charge on any atom is 0.220 e. The third kappa shape index (κ3) is 4.92. The molecule has 0 radical (unpaired) electrons. The lowest BCUT2D eigenvalue weighted by atomic mass is 10.0. The Hall–Kier alpha value is -0.650. The van der Waals surface area contributed by atoms with Gasteiger partial charge in [-0.3, -0.25) is 4.79 Å². The topological polar surface area (TPSA) is 81.6 Å². The van der Waals surface area contributed by atoms with Gasteiger partial charge in [0.2, 0.25) is 5.91 Å². The van der Waals surface area contributed by atoms with Crippen LogP contribution in [0, 0.1) is 5.92 Å². The van der Waals surface area contributed by atoms with Crippen LogP contribution in [0.25, 0.3) is 0 Å². The molecular formula is C11H22N2O3. The van der Waals surface area contributed by atoms with Crippen molar-refractivity contribution in [1.29, 1.82) is 0 Å². The molecule has 1 aliphatic heterocycles. The highest BCUT2D eigenvalue weighted by Gasteiger charge is 2.20. The highest BCUT2D eigenvalue weighted by Crippen LogP contribution is 2.13. The zero-order valence-corrected chi connectivity index (χ0v) is 9.83. The van der Waals surface area contributed by atoms with Crippen molar-refractivity contribution in [2.75, 3.05) is 26.2 Å². The van der Waals surface area contributed by atoms with E-state index in [9.17, 15) is 9.90 Å². The van der Waals surface area contributed by atoms with Crippen LogP contribution in [0.2, 0.25) is 0 Å². The van der Waals surface area contributed by atoms with E-state index < -0.39 is 5.60 Å². The zero-order chi connectivity index (χ0) is 12.0. The smallest absolute Gasteiger partial charge is 0.220 e. The highest BCUT2D eigenvalue weighted by atomic mass is 16.3. The molecule has 16 heavy (non-hydrogen) atoms. The fraction of sp³-hybridized carbons (Fsp3) is 0.909. The normalized spacial score (nSPS) is 24.1. The Kier molecular flexibility index (Phi) is 5.18. The first-order chi connectivity index (χ1) is 7.53. The SMILES string of the molecule is CC(O)(CO)CNC(=O)CCC1CCNC1. The summed E-state index contributed by atoms with van der Waals surface area (Å²) < 4.78 is 0. The lowest BCUT2D eigenvalue weighted by Crippen LogP contribution is -2.43. The molecule has 5 heteroatoms. The van der Waals surface area contributed by atoms with Crippen LogP contribution in [0.15, 0.2) is 0 Å². The van der Waals surface area contributed by atoms with Crippen LogP contribution in [0.5, 0.6) is 0 Å². The quantitative estimate of drug-likeness (QED) is 0.483. The summed E-state index contributed by atoms with van der Waals surface area (Å²) in [4.78, 5) is 11.4. The van der Waals surface area contributed by atoms with Crippen molar-refractivity contribution in [2.24, 2.45) is 5.92 Å². The van der Waals surface area contributed by atoms with Crippen LogP contribution < -0.4 is 10.6 Å². The van der Waals surface area contributed by atoms with Gasteiger partial charge in [-0.2, -0.15) is 0 Å². The lowest BCUT2D eigenvalue weighted by Gasteiger charge is -2.20. The Balaban J connectivity index is 2.10. The molecular weight excluding hydrogens is 208 g/mol. The monoisotopic (exact) mass is 230 g/mol. The number of amides is 1. The number of nitrogens with one attached hydrogen (secondary N) is 2. The second kappa shape index (κ2) is 6.18. The van der Waals surface area contributed by atoms with Crippen LogP contribution in [-0.2, 0) is 4.79 Å². The van der Waals surface area contributed by atoms with Gasteiger partial charge in [-0.05, 0) is 38.8 Å². The van der Waals surface area contributed by atoms with Crippen molar-refractivity contribution < 1.29 is 15.0 Å². The van der Waals surface area contributed by atoms with E-state index in [1.54, 1.807) is 0 Å². The fourth-order valence-corrected chi connectivity index (χ4v) is 1.73. The van der Waals surface area contributed by atoms with Crippen molar-refractivity contribution in [3.63, 3.8) is 0 Å². The van der Waals surface area contributed by atoms with Gasteiger partial charge in [0.1, 0.15) is 5.60 Å². The minimum Gasteiger partial charge on any atom is -0.393 e. The molecule has 0 saturated carbocycles. The largest absolute Gasteiger partial charge is 0.393 e. The molecule has 1 amide bonds. The molecule has 0 bridgehead atoms. The highest BCUT2D eigenvalue weighted by molar-refractivity contribution is 5.75. The van der Waals surface area contributed by atoms with Crippen molar-refractivity contribution in [3.8, 4) is 0 Å². The Bertz CT molecular complexity index is 225. The van der Waals surface area contributed by atoms with Gasteiger partial charge in [0.25, 0.3) is 0 Å². The third-order valence-corrected chi connectivity index (χ3v) is 2.95. The van der Waals surface area contributed by atoms with Crippen LogP contribution in [0.1, 0.15) is 26.2 Å². The summed E-state index contributed by atoms with van der Waals surface area (Å²) in [5.74, 6) is 0.546. The zero-order valence-electron chi connectivity index (χ0n) is 9.83. The first-order valence-electron chi connectivity index (χ1n) is 5.84. The second-order valence-corrected chi connectivity index (χ2v) is 4.83. The Labute approximate surface area is 96.2 Å². The predicted octanol–water partition coefficient (Wildman–Crippen LogP) is -0.764. The van der Waals surface area contributed by atoms with Gasteiger partial charge in [-0.1, -0.05) is 0 Å². The molecule has 94 valence electrons.